The Morgan fingerprint density at radius 3 is 1.57 bits per heavy atom. The van der Waals surface area contributed by atoms with Crippen LogP contribution >= 0.6 is 0 Å². The van der Waals surface area contributed by atoms with Crippen LogP contribution in [-0.4, -0.2) is 144 Å². The van der Waals surface area contributed by atoms with Crippen molar-refractivity contribution in [2.24, 2.45) is 0 Å². The molecule has 6 aliphatic heterocycles. The summed E-state index contributed by atoms with van der Waals surface area (Å²) in [5.74, 6) is 1.47. The molecular formula is C62H81BN6O10. The zero-order valence-corrected chi connectivity index (χ0v) is 46.8. The van der Waals surface area contributed by atoms with E-state index in [2.05, 4.69) is 71.1 Å². The largest absolute Gasteiger partial charge is 0.491 e. The molecule has 5 amide bonds. The highest BCUT2D eigenvalue weighted by Crippen LogP contribution is 2.46. The zero-order valence-electron chi connectivity index (χ0n) is 46.8. The minimum atomic E-state index is -1.04. The van der Waals surface area contributed by atoms with Crippen LogP contribution in [0.2, 0.25) is 5.82 Å². The Hall–Kier alpha value is -6.43. The molecular weight excluding hydrogens is 1000 g/mol. The number of nitrogens with zero attached hydrogens (tertiary/aromatic N) is 5. The van der Waals surface area contributed by atoms with Crippen molar-refractivity contribution in [3.8, 4) is 5.75 Å². The van der Waals surface area contributed by atoms with Crippen LogP contribution in [0.1, 0.15) is 128 Å². The van der Waals surface area contributed by atoms with E-state index in [1.54, 1.807) is 22.0 Å². The monoisotopic (exact) mass is 1080 g/mol. The van der Waals surface area contributed by atoms with Gasteiger partial charge in [-0.25, -0.2) is 9.59 Å². The fourth-order valence-corrected chi connectivity index (χ4v) is 12.4. The van der Waals surface area contributed by atoms with Crippen molar-refractivity contribution in [1.82, 2.24) is 29.8 Å². The Kier molecular flexibility index (Phi) is 18.1. The molecule has 0 radical (unpaired) electrons. The molecule has 6 heterocycles. The van der Waals surface area contributed by atoms with Gasteiger partial charge in [0, 0.05) is 74.6 Å². The molecule has 3 saturated carbocycles. The number of amides is 5. The predicted molar refractivity (Wildman–Crippen MR) is 302 cm³/mol. The molecule has 0 unspecified atom stereocenters. The van der Waals surface area contributed by atoms with E-state index in [9.17, 15) is 24.0 Å². The second kappa shape index (κ2) is 24.9. The number of hydrogen-bond acceptors (Lipinski definition) is 11. The molecule has 6 atom stereocenters. The number of piperidine rings is 3. The molecule has 9 aliphatic rings. The van der Waals surface area contributed by atoms with Crippen LogP contribution in [0.15, 0.2) is 121 Å². The number of carbonyl (C=O) groups is 5. The van der Waals surface area contributed by atoms with Gasteiger partial charge in [0.05, 0.1) is 22.7 Å². The van der Waals surface area contributed by atoms with Crippen LogP contribution in [-0.2, 0) is 43.6 Å². The van der Waals surface area contributed by atoms with Crippen LogP contribution in [0.5, 0.6) is 5.75 Å². The smallest absolute Gasteiger partial charge is 0.454 e. The summed E-state index contributed by atoms with van der Waals surface area (Å²) in [6.07, 6.45) is 22.6. The van der Waals surface area contributed by atoms with E-state index in [4.69, 9.17) is 24.3 Å². The molecule has 3 aromatic rings. The molecule has 3 spiro atoms. The maximum atomic E-state index is 12.5. The molecule has 422 valence electrons. The zero-order chi connectivity index (χ0) is 55.9. The SMILES string of the molecule is CC(C)Oc1cccc(CN2CC[C@]3(C=CC(=O)N3C3CC3)C[C@@H]2C)c1.C[C@H]1C[C@@]2(C=CC(=O)N2)CCN1C(=O)OCc1ccccc1.C[C@H]1C[C@@]2(C=CC(=O)N2C2CC2)CCN1C(=O)OCc1ccccc1.OB(O)C1CC1. The van der Waals surface area contributed by atoms with Crippen molar-refractivity contribution < 1.29 is 48.2 Å². The number of carbonyl (C=O) groups excluding carboxylic acids is 5. The number of ether oxygens (including phenoxy) is 3. The van der Waals surface area contributed by atoms with Crippen molar-refractivity contribution >= 4 is 37.0 Å². The van der Waals surface area contributed by atoms with Gasteiger partial charge in [0.2, 0.25) is 17.7 Å². The van der Waals surface area contributed by atoms with Gasteiger partial charge in [-0.3, -0.25) is 19.3 Å². The van der Waals surface area contributed by atoms with E-state index in [0.29, 0.717) is 37.8 Å². The van der Waals surface area contributed by atoms with Gasteiger partial charge in [0.15, 0.2) is 0 Å². The third-order valence-corrected chi connectivity index (χ3v) is 16.9. The minimum Gasteiger partial charge on any atom is -0.491 e. The van der Waals surface area contributed by atoms with Gasteiger partial charge in [-0.1, -0.05) is 104 Å². The standard InChI is InChI=1S/C22H30N2O2.C20H24N2O3.C17H20N2O3.C3H7BO2/c1-16(2)26-20-6-4-5-18(13-20)15-23-12-11-22(14-17(23)3)10-9-21(25)24(22)19-7-8-19;1-15-13-20(10-9-18(23)22(20)17-7-8-17)11-12-21(15)19(24)25-14-16-5-3-2-4-6-16;1-13-11-17(8-7-15(20)18-17)9-10-19(13)16(21)22-12-14-5-3-2-4-6-14;5-4(6)3-1-2-3/h4-6,9-10,13,16-17,19H,7-8,11-12,14-15H2,1-3H3;2-6,9-10,15,17H,7-8,11-14H2,1H3;2-8,13H,9-12H2,1H3,(H,18,20);3,5-6H,1-2H2/t17-,22+;15-,20+;13-,17+;/m000./s1. The molecule has 16 nitrogen and oxygen atoms in total. The van der Waals surface area contributed by atoms with E-state index in [-0.39, 0.29) is 77.1 Å². The first-order chi connectivity index (χ1) is 37.9. The molecule has 79 heavy (non-hydrogen) atoms. The molecule has 17 heteroatoms. The summed E-state index contributed by atoms with van der Waals surface area (Å²) < 4.78 is 16.7. The lowest BCUT2D eigenvalue weighted by molar-refractivity contribution is -0.132. The summed E-state index contributed by atoms with van der Waals surface area (Å²) in [6, 6.07) is 29.2. The Morgan fingerprint density at radius 1 is 0.620 bits per heavy atom. The lowest BCUT2D eigenvalue weighted by atomic mass is 9.83. The number of likely N-dealkylation sites (tertiary alicyclic amines) is 3. The molecule has 12 rings (SSSR count). The summed E-state index contributed by atoms with van der Waals surface area (Å²) in [4.78, 5) is 71.1. The summed E-state index contributed by atoms with van der Waals surface area (Å²) in [5.41, 5.74) is 2.74. The topological polar surface area (TPSA) is 182 Å². The van der Waals surface area contributed by atoms with Crippen molar-refractivity contribution in [2.45, 2.75) is 190 Å². The predicted octanol–water partition coefficient (Wildman–Crippen LogP) is 8.72. The van der Waals surface area contributed by atoms with Crippen molar-refractivity contribution in [3.63, 3.8) is 0 Å². The fourth-order valence-electron chi connectivity index (χ4n) is 12.4. The van der Waals surface area contributed by atoms with Crippen LogP contribution in [0.4, 0.5) is 9.59 Å². The number of rotatable bonds is 11. The Balaban J connectivity index is 0.000000136. The lowest BCUT2D eigenvalue weighted by Gasteiger charge is -2.48. The number of hydrogen-bond donors (Lipinski definition) is 3. The quantitative estimate of drug-likeness (QED) is 0.156. The third kappa shape index (κ3) is 14.5. The molecule has 3 aromatic carbocycles. The molecule has 3 saturated heterocycles. The highest BCUT2D eigenvalue weighted by Gasteiger charge is 2.53. The first-order valence-corrected chi connectivity index (χ1v) is 28.8. The maximum Gasteiger partial charge on any atom is 0.454 e. The van der Waals surface area contributed by atoms with Crippen molar-refractivity contribution in [2.75, 3.05) is 19.6 Å². The summed E-state index contributed by atoms with van der Waals surface area (Å²) in [6.45, 7) is 14.2. The minimum absolute atomic E-state index is 0.0278. The van der Waals surface area contributed by atoms with Gasteiger partial charge < -0.3 is 49.2 Å². The fraction of sp³-hybridized carbons (Fsp3) is 0.532. The first kappa shape index (κ1) is 57.3. The van der Waals surface area contributed by atoms with Crippen molar-refractivity contribution in [3.05, 3.63) is 138 Å². The van der Waals surface area contributed by atoms with Crippen LogP contribution in [0.3, 0.4) is 0 Å². The lowest BCUT2D eigenvalue weighted by Crippen LogP contribution is -2.58. The normalized spacial score (nSPS) is 27.8. The average Bonchev–Trinajstić information content (AvgIpc) is 4.54. The average molecular weight is 1080 g/mol. The molecule has 0 aromatic heterocycles. The van der Waals surface area contributed by atoms with E-state index in [0.717, 1.165) is 94.2 Å². The second-order valence-corrected chi connectivity index (χ2v) is 23.6. The van der Waals surface area contributed by atoms with Gasteiger partial charge >= 0.3 is 19.3 Å². The van der Waals surface area contributed by atoms with Gasteiger partial charge in [-0.15, -0.1) is 0 Å². The Labute approximate surface area is 466 Å². The van der Waals surface area contributed by atoms with E-state index >= 15 is 0 Å². The molecule has 6 fully saturated rings. The van der Waals surface area contributed by atoms with Gasteiger partial charge in [-0.05, 0) is 133 Å². The van der Waals surface area contributed by atoms with Crippen LogP contribution in [0, 0.1) is 0 Å². The van der Waals surface area contributed by atoms with Gasteiger partial charge in [0.25, 0.3) is 0 Å². The highest BCUT2D eigenvalue weighted by molar-refractivity contribution is 6.44. The highest BCUT2D eigenvalue weighted by atomic mass is 16.6. The van der Waals surface area contributed by atoms with E-state index < -0.39 is 7.12 Å². The molecule has 3 aliphatic carbocycles. The summed E-state index contributed by atoms with van der Waals surface area (Å²) in [5, 5.41) is 19.5. The van der Waals surface area contributed by atoms with Gasteiger partial charge in [-0.2, -0.15) is 0 Å². The van der Waals surface area contributed by atoms with Crippen LogP contribution < -0.4 is 10.1 Å². The Bertz CT molecular complexity index is 2710. The molecule has 3 N–H and O–H groups in total. The summed E-state index contributed by atoms with van der Waals surface area (Å²) >= 11 is 0. The Morgan fingerprint density at radius 2 is 1.13 bits per heavy atom. The third-order valence-electron chi connectivity index (χ3n) is 16.9. The number of benzene rings is 3. The van der Waals surface area contributed by atoms with Crippen molar-refractivity contribution in [1.29, 1.82) is 0 Å². The first-order valence-electron chi connectivity index (χ1n) is 28.8. The van der Waals surface area contributed by atoms with E-state index in [1.807, 2.05) is 92.7 Å². The second-order valence-electron chi connectivity index (χ2n) is 23.6. The molecule has 0 bridgehead atoms. The number of nitrogens with one attached hydrogen (secondary N) is 1. The summed E-state index contributed by atoms with van der Waals surface area (Å²) in [7, 11) is -1.04. The maximum absolute atomic E-state index is 12.5. The van der Waals surface area contributed by atoms with E-state index in [1.165, 1.54) is 18.4 Å². The van der Waals surface area contributed by atoms with Gasteiger partial charge in [0.1, 0.15) is 19.0 Å². The van der Waals surface area contributed by atoms with Crippen LogP contribution in [0.25, 0.3) is 0 Å².